The van der Waals surface area contributed by atoms with Crippen molar-refractivity contribution in [2.75, 3.05) is 0 Å². The van der Waals surface area contributed by atoms with Gasteiger partial charge < -0.3 is 1.43 Å². The normalized spacial score (nSPS) is 5.83. The minimum atomic E-state index is -2.61. The largest absolute Gasteiger partial charge is 1.00 e. The van der Waals surface area contributed by atoms with Crippen molar-refractivity contribution in [1.29, 1.82) is 0 Å². The first-order valence-corrected chi connectivity index (χ1v) is 1.60. The zero-order valence-electron chi connectivity index (χ0n) is 4.01. The molecule has 0 aliphatic heterocycles. The van der Waals surface area contributed by atoms with Crippen LogP contribution < -0.4 is 29.6 Å². The maximum Gasteiger partial charge on any atom is 1.00 e. The topological polar surface area (TPSA) is 57.5 Å². The average Bonchev–Trinajstić information content (AvgIpc) is 0.811. The summed E-state index contributed by atoms with van der Waals surface area (Å²) in [7, 11) is 0. The molecule has 0 atom stereocenters. The van der Waals surface area contributed by atoms with E-state index < -0.39 is 11.4 Å². The van der Waals surface area contributed by atoms with E-state index in [1.54, 1.807) is 0 Å². The Morgan fingerprint density at radius 3 is 1.50 bits per heavy atom. The van der Waals surface area contributed by atoms with E-state index in [4.69, 9.17) is 13.3 Å². The molecule has 2 N–H and O–H groups in total. The third-order valence-electron chi connectivity index (χ3n) is 0. The predicted octanol–water partition coefficient (Wildman–Crippen LogP) is -3.20. The first kappa shape index (κ1) is 15.6. The second-order valence-corrected chi connectivity index (χ2v) is 0.692. The fraction of sp³-hybridized carbons (Fsp3) is 0. The Bertz CT molecular complexity index is 37.9. The van der Waals surface area contributed by atoms with Gasteiger partial charge >= 0.3 is 29.6 Å². The average molecular weight is 170 g/mol. The molecule has 0 spiro atoms. The van der Waals surface area contributed by atoms with E-state index in [0.29, 0.717) is 0 Å². The molecule has 3 nitrogen and oxygen atoms in total. The standard InChI is InChI=1S/Cu.Na.H2O3S.H/c;;1-4(2)3;/h;;(H2,1,2,3);/q;+1;;-1. The SMILES string of the molecule is O=S(O)O.[Cu].[H-].[Na+]. The smallest absolute Gasteiger partial charge is 1.00 e. The van der Waals surface area contributed by atoms with Gasteiger partial charge in [0.15, 0.2) is 0 Å². The van der Waals surface area contributed by atoms with Crippen LogP contribution in [0.4, 0.5) is 0 Å². The Morgan fingerprint density at radius 1 is 1.50 bits per heavy atom. The van der Waals surface area contributed by atoms with E-state index in [-0.39, 0.29) is 48.1 Å². The van der Waals surface area contributed by atoms with E-state index in [2.05, 4.69) is 0 Å². The first-order chi connectivity index (χ1) is 1.73. The van der Waals surface area contributed by atoms with Gasteiger partial charge in [-0.3, -0.25) is 9.11 Å². The second-order valence-electron chi connectivity index (χ2n) is 0.231. The summed E-state index contributed by atoms with van der Waals surface area (Å²) in [6.45, 7) is 0. The molecule has 1 radical (unpaired) electrons. The van der Waals surface area contributed by atoms with E-state index in [1.807, 2.05) is 0 Å². The molecule has 0 aromatic carbocycles. The zero-order chi connectivity index (χ0) is 3.58. The Labute approximate surface area is 72.2 Å². The molecule has 0 amide bonds. The molecule has 0 aromatic heterocycles. The van der Waals surface area contributed by atoms with Crippen molar-refractivity contribution in [3.05, 3.63) is 0 Å². The van der Waals surface area contributed by atoms with Crippen LogP contribution in [0.25, 0.3) is 0 Å². The van der Waals surface area contributed by atoms with Crippen LogP contribution in [0.1, 0.15) is 1.43 Å². The van der Waals surface area contributed by atoms with Crippen LogP contribution in [0.3, 0.4) is 0 Å². The molecule has 0 rings (SSSR count). The van der Waals surface area contributed by atoms with Crippen LogP contribution in [0.2, 0.25) is 0 Å². The van der Waals surface area contributed by atoms with Crippen molar-refractivity contribution >= 4 is 11.4 Å². The Morgan fingerprint density at radius 2 is 1.50 bits per heavy atom. The van der Waals surface area contributed by atoms with E-state index >= 15 is 0 Å². The summed E-state index contributed by atoms with van der Waals surface area (Å²) in [5, 5.41) is 0. The molecule has 6 heteroatoms. The van der Waals surface area contributed by atoms with Gasteiger partial charge in [-0.05, 0) is 0 Å². The monoisotopic (exact) mass is 169 g/mol. The minimum Gasteiger partial charge on any atom is -1.00 e. The summed E-state index contributed by atoms with van der Waals surface area (Å²) in [6, 6.07) is 0. The van der Waals surface area contributed by atoms with Crippen molar-refractivity contribution in [1.82, 2.24) is 0 Å². The van der Waals surface area contributed by atoms with E-state index in [1.165, 1.54) is 0 Å². The quantitative estimate of drug-likeness (QED) is 0.297. The third kappa shape index (κ3) is 46.6. The van der Waals surface area contributed by atoms with Crippen LogP contribution in [-0.4, -0.2) is 13.3 Å². The maximum atomic E-state index is 8.67. The second kappa shape index (κ2) is 9.77. The Balaban J connectivity index is -0.0000000150. The van der Waals surface area contributed by atoms with Gasteiger partial charge in [0.05, 0.1) is 0 Å². The first-order valence-electron chi connectivity index (χ1n) is 0.532. The van der Waals surface area contributed by atoms with Crippen LogP contribution in [0, 0.1) is 0 Å². The van der Waals surface area contributed by atoms with Crippen molar-refractivity contribution in [3.8, 4) is 0 Å². The molecule has 39 valence electrons. The van der Waals surface area contributed by atoms with Gasteiger partial charge in [-0.25, -0.2) is 0 Å². The molecule has 0 fully saturated rings. The van der Waals surface area contributed by atoms with Crippen LogP contribution in [0.5, 0.6) is 0 Å². The van der Waals surface area contributed by atoms with Gasteiger partial charge in [0.25, 0.3) is 11.4 Å². The van der Waals surface area contributed by atoms with Crippen molar-refractivity contribution in [2.24, 2.45) is 0 Å². The molecule has 0 bridgehead atoms. The number of hydrogen-bond donors (Lipinski definition) is 2. The molecule has 0 unspecified atom stereocenters. The molecule has 0 saturated heterocycles. The zero-order valence-corrected chi connectivity index (χ0v) is 6.77. The van der Waals surface area contributed by atoms with Crippen molar-refractivity contribution in [2.45, 2.75) is 0 Å². The molecule has 0 saturated carbocycles. The van der Waals surface area contributed by atoms with Gasteiger partial charge in [0.1, 0.15) is 0 Å². The van der Waals surface area contributed by atoms with Gasteiger partial charge in [0, 0.05) is 17.1 Å². The molecule has 0 aliphatic rings. The number of rotatable bonds is 0. The van der Waals surface area contributed by atoms with Crippen molar-refractivity contribution in [3.63, 3.8) is 0 Å². The molecule has 0 aromatic rings. The van der Waals surface area contributed by atoms with Crippen LogP contribution >= 0.6 is 0 Å². The fourth-order valence-electron chi connectivity index (χ4n) is 0. The summed E-state index contributed by atoms with van der Waals surface area (Å²) in [5.41, 5.74) is 0. The maximum absolute atomic E-state index is 8.67. The van der Waals surface area contributed by atoms with Gasteiger partial charge in [-0.2, -0.15) is 4.21 Å². The van der Waals surface area contributed by atoms with Crippen LogP contribution in [0.15, 0.2) is 0 Å². The van der Waals surface area contributed by atoms with Crippen LogP contribution in [-0.2, 0) is 28.4 Å². The third-order valence-corrected chi connectivity index (χ3v) is 0. The summed E-state index contributed by atoms with van der Waals surface area (Å²) in [5.74, 6) is 0. The van der Waals surface area contributed by atoms with E-state index in [0.717, 1.165) is 0 Å². The molecule has 0 aliphatic carbocycles. The van der Waals surface area contributed by atoms with Gasteiger partial charge in [0.2, 0.25) is 0 Å². The molecular formula is H3CuNaO3S. The van der Waals surface area contributed by atoms with Gasteiger partial charge in [-0.15, -0.1) is 0 Å². The fourth-order valence-corrected chi connectivity index (χ4v) is 0. The molecule has 0 heterocycles. The summed E-state index contributed by atoms with van der Waals surface area (Å²) in [6.07, 6.45) is 0. The summed E-state index contributed by atoms with van der Waals surface area (Å²) in [4.78, 5) is 0. The summed E-state index contributed by atoms with van der Waals surface area (Å²) >= 11 is -2.61. The Hall–Kier alpha value is 1.59. The summed E-state index contributed by atoms with van der Waals surface area (Å²) < 4.78 is 22.8. The number of hydrogen-bond acceptors (Lipinski definition) is 1. The minimum absolute atomic E-state index is 0. The predicted molar refractivity (Wildman–Crippen MR) is 14.5 cm³/mol. The molecular weight excluding hydrogens is 167 g/mol. The molecule has 6 heavy (non-hydrogen) atoms. The van der Waals surface area contributed by atoms with Gasteiger partial charge in [-0.1, -0.05) is 0 Å². The van der Waals surface area contributed by atoms with Crippen molar-refractivity contribution < 1.29 is 61.4 Å². The Kier molecular flexibility index (Phi) is 25.5. The van der Waals surface area contributed by atoms with E-state index in [9.17, 15) is 0 Å².